The molecule has 0 saturated carbocycles. The first-order valence-electron chi connectivity index (χ1n) is 4.63. The molecule has 0 aliphatic heterocycles. The number of carbonyl (C=O) groups is 1. The van der Waals surface area contributed by atoms with Crippen molar-refractivity contribution in [1.29, 1.82) is 0 Å². The van der Waals surface area contributed by atoms with Gasteiger partial charge in [0.25, 0.3) is 0 Å². The Labute approximate surface area is 85.2 Å². The highest BCUT2D eigenvalue weighted by Crippen LogP contribution is 1.87. The highest BCUT2D eigenvalue weighted by molar-refractivity contribution is 7.91. The third kappa shape index (κ3) is 6.85. The summed E-state index contributed by atoms with van der Waals surface area (Å²) in [4.78, 5) is 11.0. The molecule has 0 radical (unpaired) electrons. The van der Waals surface area contributed by atoms with Crippen LogP contribution >= 0.6 is 0 Å². The molecule has 0 saturated heterocycles. The van der Waals surface area contributed by atoms with E-state index in [9.17, 15) is 13.2 Å². The largest absolute Gasteiger partial charge is 0.355 e. The zero-order chi connectivity index (χ0) is 11.0. The van der Waals surface area contributed by atoms with Crippen LogP contribution in [0.5, 0.6) is 0 Å². The zero-order valence-electron chi connectivity index (χ0n) is 8.67. The normalized spacial score (nSPS) is 11.3. The molecule has 0 bridgehead atoms. The van der Waals surface area contributed by atoms with Gasteiger partial charge in [0.2, 0.25) is 5.91 Å². The third-order valence-corrected chi connectivity index (χ3v) is 3.48. The number of rotatable bonds is 7. The number of nitrogens with one attached hydrogen (secondary N) is 2. The highest BCUT2D eigenvalue weighted by Gasteiger charge is 2.07. The summed E-state index contributed by atoms with van der Waals surface area (Å²) in [6.07, 6.45) is 0.378. The summed E-state index contributed by atoms with van der Waals surface area (Å²) in [5, 5.41) is 5.39. The van der Waals surface area contributed by atoms with Crippen LogP contribution in [0.15, 0.2) is 0 Å². The van der Waals surface area contributed by atoms with E-state index in [0.717, 1.165) is 0 Å². The lowest BCUT2D eigenvalue weighted by atomic mass is 10.4. The van der Waals surface area contributed by atoms with Crippen molar-refractivity contribution < 1.29 is 13.2 Å². The Kier molecular flexibility index (Phi) is 6.48. The summed E-state index contributed by atoms with van der Waals surface area (Å²) in [5.41, 5.74) is 0. The molecule has 6 heteroatoms. The van der Waals surface area contributed by atoms with Gasteiger partial charge in [0, 0.05) is 25.3 Å². The van der Waals surface area contributed by atoms with E-state index in [1.54, 1.807) is 14.0 Å². The maximum Gasteiger partial charge on any atom is 0.221 e. The Morgan fingerprint density at radius 3 is 2.43 bits per heavy atom. The predicted molar refractivity (Wildman–Crippen MR) is 55.9 cm³/mol. The lowest BCUT2D eigenvalue weighted by Crippen LogP contribution is -2.31. The fourth-order valence-electron chi connectivity index (χ4n) is 0.817. The molecule has 84 valence electrons. The lowest BCUT2D eigenvalue weighted by Gasteiger charge is -2.04. The SMILES string of the molecule is CCS(=O)(=O)CCNC(=O)CCNC. The quantitative estimate of drug-likeness (QED) is 0.588. The van der Waals surface area contributed by atoms with Crippen LogP contribution in [0.2, 0.25) is 0 Å². The van der Waals surface area contributed by atoms with Gasteiger partial charge in [-0.2, -0.15) is 0 Å². The zero-order valence-corrected chi connectivity index (χ0v) is 9.49. The predicted octanol–water partition coefficient (Wildman–Crippen LogP) is -0.853. The van der Waals surface area contributed by atoms with Crippen LogP contribution in [-0.4, -0.2) is 46.0 Å². The van der Waals surface area contributed by atoms with Gasteiger partial charge in [0.1, 0.15) is 0 Å². The Morgan fingerprint density at radius 1 is 1.29 bits per heavy atom. The van der Waals surface area contributed by atoms with E-state index in [1.165, 1.54) is 0 Å². The van der Waals surface area contributed by atoms with Crippen molar-refractivity contribution in [3.05, 3.63) is 0 Å². The van der Waals surface area contributed by atoms with Crippen LogP contribution in [-0.2, 0) is 14.6 Å². The Morgan fingerprint density at radius 2 is 1.93 bits per heavy atom. The smallest absolute Gasteiger partial charge is 0.221 e. The first-order valence-corrected chi connectivity index (χ1v) is 6.45. The van der Waals surface area contributed by atoms with Crippen LogP contribution in [0.1, 0.15) is 13.3 Å². The van der Waals surface area contributed by atoms with E-state index in [2.05, 4.69) is 10.6 Å². The van der Waals surface area contributed by atoms with Gasteiger partial charge in [0.15, 0.2) is 9.84 Å². The molecule has 0 heterocycles. The van der Waals surface area contributed by atoms with Crippen molar-refractivity contribution >= 4 is 15.7 Å². The lowest BCUT2D eigenvalue weighted by molar-refractivity contribution is -0.120. The first kappa shape index (κ1) is 13.4. The molecule has 1 amide bonds. The monoisotopic (exact) mass is 222 g/mol. The number of hydrogen-bond donors (Lipinski definition) is 2. The summed E-state index contributed by atoms with van der Waals surface area (Å²) in [6, 6.07) is 0. The van der Waals surface area contributed by atoms with Gasteiger partial charge in [-0.3, -0.25) is 4.79 Å². The second-order valence-corrected chi connectivity index (χ2v) is 5.41. The van der Waals surface area contributed by atoms with Crippen molar-refractivity contribution in [2.24, 2.45) is 0 Å². The summed E-state index contributed by atoms with van der Waals surface area (Å²) in [7, 11) is -1.21. The first-order chi connectivity index (χ1) is 6.52. The van der Waals surface area contributed by atoms with Crippen molar-refractivity contribution in [3.8, 4) is 0 Å². The second-order valence-electron chi connectivity index (χ2n) is 2.94. The van der Waals surface area contributed by atoms with E-state index in [0.29, 0.717) is 13.0 Å². The van der Waals surface area contributed by atoms with Crippen molar-refractivity contribution in [3.63, 3.8) is 0 Å². The molecule has 0 aliphatic rings. The fraction of sp³-hybridized carbons (Fsp3) is 0.875. The number of sulfone groups is 1. The van der Waals surface area contributed by atoms with Crippen molar-refractivity contribution in [2.75, 3.05) is 31.6 Å². The van der Waals surface area contributed by atoms with Crippen LogP contribution in [0, 0.1) is 0 Å². The van der Waals surface area contributed by atoms with Gasteiger partial charge in [-0.15, -0.1) is 0 Å². The molecular weight excluding hydrogens is 204 g/mol. The number of amides is 1. The Bertz CT molecular complexity index is 262. The van der Waals surface area contributed by atoms with Crippen LogP contribution < -0.4 is 10.6 Å². The van der Waals surface area contributed by atoms with Crippen molar-refractivity contribution in [2.45, 2.75) is 13.3 Å². The van der Waals surface area contributed by atoms with E-state index < -0.39 is 9.84 Å². The summed E-state index contributed by atoms with van der Waals surface area (Å²) in [6.45, 7) is 2.41. The van der Waals surface area contributed by atoms with Crippen LogP contribution in [0.4, 0.5) is 0 Å². The minimum absolute atomic E-state index is 0.0226. The number of carbonyl (C=O) groups excluding carboxylic acids is 1. The average Bonchev–Trinajstić information content (AvgIpc) is 2.14. The van der Waals surface area contributed by atoms with E-state index in [-0.39, 0.29) is 24.0 Å². The highest BCUT2D eigenvalue weighted by atomic mass is 32.2. The van der Waals surface area contributed by atoms with Crippen molar-refractivity contribution in [1.82, 2.24) is 10.6 Å². The standard InChI is InChI=1S/C8H18N2O3S/c1-3-14(12,13)7-6-10-8(11)4-5-9-2/h9H,3-7H2,1-2H3,(H,10,11). The molecule has 2 N–H and O–H groups in total. The topological polar surface area (TPSA) is 75.3 Å². The third-order valence-electron chi connectivity index (χ3n) is 1.78. The van der Waals surface area contributed by atoms with Gasteiger partial charge < -0.3 is 10.6 Å². The molecule has 0 unspecified atom stereocenters. The molecule has 0 aromatic heterocycles. The van der Waals surface area contributed by atoms with Gasteiger partial charge in [0.05, 0.1) is 5.75 Å². The maximum atomic E-state index is 11.0. The van der Waals surface area contributed by atoms with Crippen LogP contribution in [0.25, 0.3) is 0 Å². The maximum absolute atomic E-state index is 11.0. The summed E-state index contributed by atoms with van der Waals surface area (Å²) >= 11 is 0. The minimum atomic E-state index is -2.97. The molecule has 0 aromatic rings. The summed E-state index contributed by atoms with van der Waals surface area (Å²) in [5.74, 6) is 0.0272. The summed E-state index contributed by atoms with van der Waals surface area (Å²) < 4.78 is 22.1. The molecule has 0 rings (SSSR count). The van der Waals surface area contributed by atoms with Gasteiger partial charge in [-0.05, 0) is 7.05 Å². The molecule has 0 fully saturated rings. The number of hydrogen-bond acceptors (Lipinski definition) is 4. The Hall–Kier alpha value is -0.620. The molecule has 5 nitrogen and oxygen atoms in total. The average molecular weight is 222 g/mol. The minimum Gasteiger partial charge on any atom is -0.355 e. The Balaban J connectivity index is 3.59. The molecule has 0 spiro atoms. The van der Waals surface area contributed by atoms with Gasteiger partial charge in [-0.25, -0.2) is 8.42 Å². The second kappa shape index (κ2) is 6.78. The molecule has 14 heavy (non-hydrogen) atoms. The molecular formula is C8H18N2O3S. The van der Waals surface area contributed by atoms with Crippen LogP contribution in [0.3, 0.4) is 0 Å². The van der Waals surface area contributed by atoms with E-state index in [1.807, 2.05) is 0 Å². The van der Waals surface area contributed by atoms with Gasteiger partial charge >= 0.3 is 0 Å². The molecule has 0 aliphatic carbocycles. The fourth-order valence-corrected chi connectivity index (χ4v) is 1.52. The van der Waals surface area contributed by atoms with E-state index in [4.69, 9.17) is 0 Å². The van der Waals surface area contributed by atoms with E-state index >= 15 is 0 Å². The molecule has 0 atom stereocenters. The molecule has 0 aromatic carbocycles. The van der Waals surface area contributed by atoms with Gasteiger partial charge in [-0.1, -0.05) is 6.92 Å².